The van der Waals surface area contributed by atoms with E-state index in [1.165, 1.54) is 37.0 Å². The molecule has 9 heteroatoms. The maximum Gasteiger partial charge on any atom is 0.191 e. The Hall–Kier alpha value is -2.17. The van der Waals surface area contributed by atoms with E-state index in [1.807, 2.05) is 12.3 Å². The Morgan fingerprint density at radius 1 is 1.19 bits per heavy atom. The first kappa shape index (κ1) is 24.5. The van der Waals surface area contributed by atoms with E-state index in [1.54, 1.807) is 0 Å². The molecule has 1 aromatic carbocycles. The van der Waals surface area contributed by atoms with Crippen molar-refractivity contribution in [3.63, 3.8) is 0 Å². The smallest absolute Gasteiger partial charge is 0.191 e. The van der Waals surface area contributed by atoms with Crippen LogP contribution in [-0.2, 0) is 25.8 Å². The Labute approximate surface area is 205 Å². The van der Waals surface area contributed by atoms with Crippen LogP contribution < -0.4 is 10.6 Å². The van der Waals surface area contributed by atoms with Crippen LogP contribution in [0.3, 0.4) is 0 Å². The van der Waals surface area contributed by atoms with E-state index in [4.69, 9.17) is 4.99 Å². The molecule has 0 radical (unpaired) electrons. The first-order chi connectivity index (χ1) is 15.2. The zero-order valence-electron chi connectivity index (χ0n) is 18.7. The third-order valence-electron chi connectivity index (χ3n) is 5.77. The van der Waals surface area contributed by atoms with Crippen molar-refractivity contribution in [1.29, 1.82) is 0 Å². The summed E-state index contributed by atoms with van der Waals surface area (Å²) in [6.45, 7) is 5.43. The molecule has 2 aromatic heterocycles. The van der Waals surface area contributed by atoms with Gasteiger partial charge in [0.25, 0.3) is 0 Å². The minimum absolute atomic E-state index is 0. The molecule has 3 heterocycles. The summed E-state index contributed by atoms with van der Waals surface area (Å²) in [5, 5.41) is 16.6. The van der Waals surface area contributed by atoms with E-state index in [0.717, 1.165) is 80.4 Å². The van der Waals surface area contributed by atoms with Crippen LogP contribution in [-0.4, -0.2) is 45.3 Å². The lowest BCUT2D eigenvalue weighted by Crippen LogP contribution is -2.38. The van der Waals surface area contributed by atoms with Gasteiger partial charge in [-0.1, -0.05) is 6.42 Å². The molecule has 4 rings (SSSR count). The SMILES string of the molecule is CCNC(=NCCCc1nnc2n1CCCCC2)NCCc1c[nH]c2cc(F)ccc12.I. The maximum atomic E-state index is 13.4. The number of H-pyrrole nitrogens is 1. The Bertz CT molecular complexity index is 1030. The molecule has 32 heavy (non-hydrogen) atoms. The lowest BCUT2D eigenvalue weighted by Gasteiger charge is -2.11. The summed E-state index contributed by atoms with van der Waals surface area (Å²) in [5.41, 5.74) is 2.01. The number of nitrogens with one attached hydrogen (secondary N) is 3. The van der Waals surface area contributed by atoms with Crippen LogP contribution in [0.4, 0.5) is 4.39 Å². The molecule has 0 saturated heterocycles. The van der Waals surface area contributed by atoms with E-state index in [0.29, 0.717) is 0 Å². The average molecular weight is 553 g/mol. The van der Waals surface area contributed by atoms with E-state index in [2.05, 4.69) is 37.3 Å². The van der Waals surface area contributed by atoms with Crippen LogP contribution in [0.5, 0.6) is 0 Å². The molecule has 174 valence electrons. The molecule has 3 N–H and O–H groups in total. The monoisotopic (exact) mass is 553 g/mol. The second-order valence-corrected chi connectivity index (χ2v) is 8.04. The Morgan fingerprint density at radius 2 is 2.09 bits per heavy atom. The number of guanidine groups is 1. The summed E-state index contributed by atoms with van der Waals surface area (Å²) < 4.78 is 15.7. The zero-order valence-corrected chi connectivity index (χ0v) is 21.0. The number of hydrogen-bond donors (Lipinski definition) is 3. The molecule has 1 aliphatic heterocycles. The highest BCUT2D eigenvalue weighted by molar-refractivity contribution is 14.0. The fourth-order valence-electron chi connectivity index (χ4n) is 4.18. The van der Waals surface area contributed by atoms with Gasteiger partial charge >= 0.3 is 0 Å². The third kappa shape index (κ3) is 6.20. The number of aryl methyl sites for hydroxylation is 2. The quantitative estimate of drug-likeness (QED) is 0.171. The second kappa shape index (κ2) is 12.2. The molecule has 3 aromatic rings. The third-order valence-corrected chi connectivity index (χ3v) is 5.77. The summed E-state index contributed by atoms with van der Waals surface area (Å²) in [6, 6.07) is 4.87. The van der Waals surface area contributed by atoms with E-state index in [9.17, 15) is 4.39 Å². The lowest BCUT2D eigenvalue weighted by atomic mass is 10.1. The van der Waals surface area contributed by atoms with Gasteiger partial charge in [-0.05, 0) is 56.4 Å². The van der Waals surface area contributed by atoms with Crippen molar-refractivity contribution in [3.8, 4) is 0 Å². The van der Waals surface area contributed by atoms with Crippen molar-refractivity contribution in [2.45, 2.75) is 58.4 Å². The first-order valence-corrected chi connectivity index (χ1v) is 11.4. The lowest BCUT2D eigenvalue weighted by molar-refractivity contribution is 0.597. The van der Waals surface area contributed by atoms with Crippen LogP contribution in [0.15, 0.2) is 29.4 Å². The number of benzene rings is 1. The molecular weight excluding hydrogens is 520 g/mol. The predicted octanol–water partition coefficient (Wildman–Crippen LogP) is 3.97. The molecule has 0 atom stereocenters. The number of halogens is 2. The van der Waals surface area contributed by atoms with Gasteiger partial charge in [0.2, 0.25) is 0 Å². The number of aromatic amines is 1. The predicted molar refractivity (Wildman–Crippen MR) is 137 cm³/mol. The fraction of sp³-hybridized carbons (Fsp3) is 0.522. The molecule has 0 spiro atoms. The molecule has 0 unspecified atom stereocenters. The molecule has 0 amide bonds. The zero-order chi connectivity index (χ0) is 21.5. The highest BCUT2D eigenvalue weighted by Crippen LogP contribution is 2.19. The molecule has 0 fully saturated rings. The van der Waals surface area contributed by atoms with E-state index in [-0.39, 0.29) is 29.8 Å². The number of nitrogens with zero attached hydrogens (tertiary/aromatic N) is 4. The van der Waals surface area contributed by atoms with Crippen LogP contribution in [0.1, 0.15) is 49.8 Å². The largest absolute Gasteiger partial charge is 0.361 e. The highest BCUT2D eigenvalue weighted by Gasteiger charge is 2.14. The topological polar surface area (TPSA) is 82.9 Å². The average Bonchev–Trinajstić information content (AvgIpc) is 3.26. The normalized spacial score (nSPS) is 14.0. The number of fused-ring (bicyclic) bond motifs is 2. The van der Waals surface area contributed by atoms with Crippen LogP contribution in [0, 0.1) is 5.82 Å². The second-order valence-electron chi connectivity index (χ2n) is 8.04. The molecule has 0 bridgehead atoms. The van der Waals surface area contributed by atoms with Gasteiger partial charge in [0, 0.05) is 56.1 Å². The summed E-state index contributed by atoms with van der Waals surface area (Å²) in [4.78, 5) is 7.86. The summed E-state index contributed by atoms with van der Waals surface area (Å²) >= 11 is 0. The van der Waals surface area contributed by atoms with Gasteiger partial charge in [-0.15, -0.1) is 34.2 Å². The van der Waals surface area contributed by atoms with Gasteiger partial charge in [-0.2, -0.15) is 0 Å². The first-order valence-electron chi connectivity index (χ1n) is 11.4. The summed E-state index contributed by atoms with van der Waals surface area (Å²) in [7, 11) is 0. The van der Waals surface area contributed by atoms with Crippen molar-refractivity contribution in [3.05, 3.63) is 47.4 Å². The molecule has 0 saturated carbocycles. The van der Waals surface area contributed by atoms with E-state index >= 15 is 0 Å². The highest BCUT2D eigenvalue weighted by atomic mass is 127. The number of aliphatic imine (C=N–C) groups is 1. The Morgan fingerprint density at radius 3 is 2.97 bits per heavy atom. The van der Waals surface area contributed by atoms with Gasteiger partial charge in [-0.3, -0.25) is 4.99 Å². The van der Waals surface area contributed by atoms with Crippen molar-refractivity contribution < 1.29 is 4.39 Å². The van der Waals surface area contributed by atoms with Crippen LogP contribution in [0.25, 0.3) is 10.9 Å². The van der Waals surface area contributed by atoms with Gasteiger partial charge in [0.1, 0.15) is 17.5 Å². The van der Waals surface area contributed by atoms with Crippen LogP contribution in [0.2, 0.25) is 0 Å². The standard InChI is InChI=1S/C23H32FN7.HI/c1-2-25-23(27-13-11-17-16-28-20-15-18(24)9-10-19(17)20)26-12-6-8-22-30-29-21-7-4-3-5-14-31(21)22;/h9-10,15-16,28H,2-8,11-14H2,1H3,(H2,25,26,27);1H. The van der Waals surface area contributed by atoms with Crippen molar-refractivity contribution in [1.82, 2.24) is 30.4 Å². The minimum atomic E-state index is -0.220. The minimum Gasteiger partial charge on any atom is -0.361 e. The number of aromatic nitrogens is 4. The van der Waals surface area contributed by atoms with Gasteiger partial charge < -0.3 is 20.2 Å². The molecule has 1 aliphatic rings. The van der Waals surface area contributed by atoms with Crippen molar-refractivity contribution in [2.24, 2.45) is 4.99 Å². The number of rotatable bonds is 8. The van der Waals surface area contributed by atoms with Gasteiger partial charge in [0.05, 0.1) is 0 Å². The fourth-order valence-corrected chi connectivity index (χ4v) is 4.18. The van der Waals surface area contributed by atoms with E-state index < -0.39 is 0 Å². The maximum absolute atomic E-state index is 13.4. The van der Waals surface area contributed by atoms with Gasteiger partial charge in [0.15, 0.2) is 5.96 Å². The van der Waals surface area contributed by atoms with Crippen molar-refractivity contribution >= 4 is 40.8 Å². The molecule has 0 aliphatic carbocycles. The summed E-state index contributed by atoms with van der Waals surface area (Å²) in [6.07, 6.45) is 9.40. The van der Waals surface area contributed by atoms with Crippen molar-refractivity contribution in [2.75, 3.05) is 19.6 Å². The number of hydrogen-bond acceptors (Lipinski definition) is 3. The van der Waals surface area contributed by atoms with Gasteiger partial charge in [-0.25, -0.2) is 4.39 Å². The van der Waals surface area contributed by atoms with Crippen LogP contribution >= 0.6 is 24.0 Å². The Kier molecular flexibility index (Phi) is 9.31. The molecule has 7 nitrogen and oxygen atoms in total. The molecular formula is C23H33FIN7. The summed E-state index contributed by atoms with van der Waals surface area (Å²) in [5.74, 6) is 2.85. The Balaban J connectivity index is 0.00000289.